The van der Waals surface area contributed by atoms with Crippen LogP contribution in [0.4, 0.5) is 4.79 Å². The van der Waals surface area contributed by atoms with Crippen molar-refractivity contribution in [3.63, 3.8) is 0 Å². The van der Waals surface area contributed by atoms with Crippen molar-refractivity contribution >= 4 is 29.2 Å². The van der Waals surface area contributed by atoms with Crippen LogP contribution < -0.4 is 22.1 Å². The second-order valence-corrected chi connectivity index (χ2v) is 6.19. The van der Waals surface area contributed by atoms with Crippen LogP contribution in [0.15, 0.2) is 0 Å². The molecule has 0 radical (unpaired) electrons. The van der Waals surface area contributed by atoms with Gasteiger partial charge in [0.2, 0.25) is 5.91 Å². The number of urea groups is 1. The number of carbonyl (C=O) groups excluding carboxylic acids is 2. The van der Waals surface area contributed by atoms with Gasteiger partial charge in [-0.3, -0.25) is 4.79 Å². The molecule has 4 unspecified atom stereocenters. The fourth-order valence-corrected chi connectivity index (χ4v) is 2.57. The number of nitrogens with one attached hydrogen (secondary N) is 2. The number of rotatable bonds is 8. The monoisotopic (exact) mass is 360 g/mol. The molecule has 0 aliphatic carbocycles. The summed E-state index contributed by atoms with van der Waals surface area (Å²) in [7, 11) is 0. The third-order valence-corrected chi connectivity index (χ3v) is 4.20. The Labute approximate surface area is 141 Å². The summed E-state index contributed by atoms with van der Waals surface area (Å²) >= 11 is 1.12. The van der Waals surface area contributed by atoms with E-state index in [1.165, 1.54) is 6.92 Å². The van der Waals surface area contributed by atoms with Crippen molar-refractivity contribution < 1.29 is 24.6 Å². The number of nitrogens with two attached hydrogens (primary N) is 2. The van der Waals surface area contributed by atoms with Gasteiger partial charge in [0.1, 0.15) is 16.1 Å². The highest BCUT2D eigenvalue weighted by molar-refractivity contribution is 7.11. The molecule has 1 heterocycles. The fourth-order valence-electron chi connectivity index (χ4n) is 1.62. The van der Waals surface area contributed by atoms with Gasteiger partial charge in [-0.1, -0.05) is 11.3 Å². The first-order chi connectivity index (χ1) is 11.1. The van der Waals surface area contributed by atoms with Crippen LogP contribution in [0, 0.1) is 0 Å². The molecule has 0 aromatic carbocycles. The van der Waals surface area contributed by atoms with E-state index in [1.54, 1.807) is 6.92 Å². The molecule has 0 fully saturated rings. The standard InChI is InChI=1S/C12H20N6O5S/c1-4(9-17-18-10(24-9)8(14)5(2)19)15-12(23)16-6(11(21)22)3-7(13)20/h4-6,8,19H,3,14H2,1-2H3,(H2,13,20)(H,21,22)(H2,15,16,23). The molecule has 1 aromatic heterocycles. The number of primary amides is 1. The van der Waals surface area contributed by atoms with Gasteiger partial charge in [0, 0.05) is 0 Å². The molecule has 0 aliphatic heterocycles. The van der Waals surface area contributed by atoms with Crippen molar-refractivity contribution in [2.75, 3.05) is 0 Å². The number of aliphatic carboxylic acids is 1. The third-order valence-electron chi connectivity index (χ3n) is 2.99. The number of carboxylic acids is 1. The van der Waals surface area contributed by atoms with Crippen LogP contribution in [-0.4, -0.2) is 50.5 Å². The number of hydrogen-bond donors (Lipinski definition) is 6. The molecule has 8 N–H and O–H groups in total. The van der Waals surface area contributed by atoms with Gasteiger partial charge < -0.3 is 32.3 Å². The van der Waals surface area contributed by atoms with E-state index in [4.69, 9.17) is 16.6 Å². The van der Waals surface area contributed by atoms with Crippen LogP contribution >= 0.6 is 11.3 Å². The molecule has 1 rings (SSSR count). The Bertz CT molecular complexity index is 607. The highest BCUT2D eigenvalue weighted by atomic mass is 32.1. The van der Waals surface area contributed by atoms with Gasteiger partial charge in [-0.2, -0.15) is 0 Å². The van der Waals surface area contributed by atoms with Crippen LogP contribution in [0.25, 0.3) is 0 Å². The first-order valence-electron chi connectivity index (χ1n) is 6.96. The molecule has 0 spiro atoms. The Kier molecular flexibility index (Phi) is 7.00. The van der Waals surface area contributed by atoms with Crippen molar-refractivity contribution in [2.24, 2.45) is 11.5 Å². The summed E-state index contributed by atoms with van der Waals surface area (Å²) in [5.74, 6) is -2.23. The lowest BCUT2D eigenvalue weighted by Gasteiger charge is -2.16. The third kappa shape index (κ3) is 5.72. The molecule has 0 saturated heterocycles. The predicted molar refractivity (Wildman–Crippen MR) is 83.8 cm³/mol. The number of amides is 3. The summed E-state index contributed by atoms with van der Waals surface area (Å²) in [6.45, 7) is 3.13. The lowest BCUT2D eigenvalue weighted by atomic mass is 10.2. The van der Waals surface area contributed by atoms with Crippen molar-refractivity contribution in [1.82, 2.24) is 20.8 Å². The summed E-state index contributed by atoms with van der Waals surface area (Å²) in [4.78, 5) is 33.6. The zero-order valence-electron chi connectivity index (χ0n) is 13.1. The van der Waals surface area contributed by atoms with E-state index in [2.05, 4.69) is 20.8 Å². The van der Waals surface area contributed by atoms with Gasteiger partial charge in [-0.25, -0.2) is 9.59 Å². The number of nitrogens with zero attached hydrogens (tertiary/aromatic N) is 2. The van der Waals surface area contributed by atoms with Crippen molar-refractivity contribution in [2.45, 2.75) is 44.5 Å². The Hall–Kier alpha value is -2.31. The Morgan fingerprint density at radius 3 is 2.29 bits per heavy atom. The van der Waals surface area contributed by atoms with Crippen molar-refractivity contribution in [1.29, 1.82) is 0 Å². The maximum absolute atomic E-state index is 11.8. The average molecular weight is 360 g/mol. The second kappa shape index (κ2) is 8.52. The van der Waals surface area contributed by atoms with Crippen molar-refractivity contribution in [3.05, 3.63) is 10.0 Å². The van der Waals surface area contributed by atoms with E-state index >= 15 is 0 Å². The maximum atomic E-state index is 11.8. The van der Waals surface area contributed by atoms with Gasteiger partial charge >= 0.3 is 12.0 Å². The van der Waals surface area contributed by atoms with E-state index in [0.29, 0.717) is 10.0 Å². The number of aliphatic hydroxyl groups excluding tert-OH is 1. The number of hydrogen-bond acceptors (Lipinski definition) is 8. The van der Waals surface area contributed by atoms with Crippen molar-refractivity contribution in [3.8, 4) is 0 Å². The molecular formula is C12H20N6O5S. The normalized spacial score (nSPS) is 15.8. The van der Waals surface area contributed by atoms with Gasteiger partial charge in [0.05, 0.1) is 24.6 Å². The largest absolute Gasteiger partial charge is 0.480 e. The van der Waals surface area contributed by atoms with Crippen LogP contribution in [-0.2, 0) is 9.59 Å². The quantitative estimate of drug-likeness (QED) is 0.326. The molecule has 1 aromatic rings. The molecule has 4 atom stereocenters. The highest BCUT2D eigenvalue weighted by Crippen LogP contribution is 2.23. The first kappa shape index (κ1) is 19.7. The van der Waals surface area contributed by atoms with Crippen LogP contribution in [0.3, 0.4) is 0 Å². The minimum Gasteiger partial charge on any atom is -0.480 e. The van der Waals surface area contributed by atoms with E-state index in [-0.39, 0.29) is 0 Å². The molecule has 3 amide bonds. The SMILES string of the molecule is CC(NC(=O)NC(CC(N)=O)C(=O)O)c1nnc(C(N)C(C)O)s1. The topological polar surface area (TPSA) is 194 Å². The Morgan fingerprint density at radius 1 is 1.21 bits per heavy atom. The molecule has 11 nitrogen and oxygen atoms in total. The van der Waals surface area contributed by atoms with Gasteiger partial charge in [-0.15, -0.1) is 10.2 Å². The summed E-state index contributed by atoms with van der Waals surface area (Å²) in [5.41, 5.74) is 10.7. The maximum Gasteiger partial charge on any atom is 0.326 e. The van der Waals surface area contributed by atoms with Gasteiger partial charge in [0.15, 0.2) is 0 Å². The van der Waals surface area contributed by atoms with E-state index in [0.717, 1.165) is 11.3 Å². The minimum absolute atomic E-state index is 0.409. The summed E-state index contributed by atoms with van der Waals surface area (Å²) in [6, 6.07) is -3.50. The number of aromatic nitrogens is 2. The molecular weight excluding hydrogens is 340 g/mol. The predicted octanol–water partition coefficient (Wildman–Crippen LogP) is -1.39. The smallest absolute Gasteiger partial charge is 0.326 e. The second-order valence-electron chi connectivity index (χ2n) is 5.15. The van der Waals surface area contributed by atoms with Crippen LogP contribution in [0.5, 0.6) is 0 Å². The number of carbonyl (C=O) groups is 3. The first-order valence-corrected chi connectivity index (χ1v) is 7.78. The average Bonchev–Trinajstić information content (AvgIpc) is 2.94. The highest BCUT2D eigenvalue weighted by Gasteiger charge is 2.24. The Morgan fingerprint density at radius 2 is 1.79 bits per heavy atom. The number of aliphatic hydroxyl groups is 1. The van der Waals surface area contributed by atoms with Crippen LogP contribution in [0.2, 0.25) is 0 Å². The molecule has 0 bridgehead atoms. The lowest BCUT2D eigenvalue weighted by Crippen LogP contribution is -2.48. The minimum atomic E-state index is -1.43. The summed E-state index contributed by atoms with van der Waals surface area (Å²) < 4.78 is 0. The lowest BCUT2D eigenvalue weighted by molar-refractivity contribution is -0.140. The fraction of sp³-hybridized carbons (Fsp3) is 0.583. The van der Waals surface area contributed by atoms with E-state index in [9.17, 15) is 19.5 Å². The summed E-state index contributed by atoms with van der Waals surface area (Å²) in [6.07, 6.45) is -1.33. The number of carboxylic acid groups (broad SMARTS) is 1. The van der Waals surface area contributed by atoms with E-state index < -0.39 is 48.6 Å². The van der Waals surface area contributed by atoms with Gasteiger partial charge in [-0.05, 0) is 13.8 Å². The van der Waals surface area contributed by atoms with E-state index in [1.807, 2.05) is 0 Å². The zero-order chi connectivity index (χ0) is 18.4. The van der Waals surface area contributed by atoms with Gasteiger partial charge in [0.25, 0.3) is 0 Å². The molecule has 0 saturated carbocycles. The molecule has 0 aliphatic rings. The molecule has 12 heteroatoms. The van der Waals surface area contributed by atoms with Crippen LogP contribution in [0.1, 0.15) is 42.4 Å². The summed E-state index contributed by atoms with van der Waals surface area (Å²) in [5, 5.41) is 31.5. The molecule has 134 valence electrons. The Balaban J connectivity index is 2.66. The zero-order valence-corrected chi connectivity index (χ0v) is 13.9. The molecule has 24 heavy (non-hydrogen) atoms.